The number of halogens is 1. The van der Waals surface area contributed by atoms with Crippen LogP contribution < -0.4 is 10.2 Å². The molecule has 0 saturated carbocycles. The molecule has 2 aliphatic heterocycles. The van der Waals surface area contributed by atoms with Gasteiger partial charge in [-0.1, -0.05) is 6.42 Å². The van der Waals surface area contributed by atoms with Crippen molar-refractivity contribution < 1.29 is 9.50 Å². The Morgan fingerprint density at radius 1 is 1.28 bits per heavy atom. The van der Waals surface area contributed by atoms with Crippen LogP contribution in [0.15, 0.2) is 30.7 Å². The lowest BCUT2D eigenvalue weighted by atomic mass is 9.82. The third kappa shape index (κ3) is 3.62. The maximum absolute atomic E-state index is 15.0. The molecule has 0 spiro atoms. The van der Waals surface area contributed by atoms with Gasteiger partial charge in [0.05, 0.1) is 23.5 Å². The van der Waals surface area contributed by atoms with E-state index in [2.05, 4.69) is 30.6 Å². The number of rotatable bonds is 4. The first-order chi connectivity index (χ1) is 15.5. The highest BCUT2D eigenvalue weighted by Crippen LogP contribution is 2.32. The molecule has 5 rings (SSSR count). The molecule has 10 nitrogen and oxygen atoms in total. The third-order valence-corrected chi connectivity index (χ3v) is 6.28. The van der Waals surface area contributed by atoms with Crippen molar-refractivity contribution in [1.82, 2.24) is 35.3 Å². The fraction of sp³-hybridized carbons (Fsp3) is 0.429. The van der Waals surface area contributed by atoms with Crippen LogP contribution >= 0.6 is 0 Å². The number of alkyl halides is 1. The van der Waals surface area contributed by atoms with Crippen molar-refractivity contribution in [3.05, 3.63) is 36.5 Å². The molecular weight excluding hydrogens is 413 g/mol. The zero-order valence-electron chi connectivity index (χ0n) is 17.4. The molecule has 2 aliphatic rings. The van der Waals surface area contributed by atoms with Gasteiger partial charge in [0.25, 0.3) is 5.82 Å². The van der Waals surface area contributed by atoms with E-state index in [1.54, 1.807) is 18.3 Å². The lowest BCUT2D eigenvalue weighted by Crippen LogP contribution is -2.61. The molecule has 0 aliphatic carbocycles. The molecule has 1 aromatic carbocycles. The number of hydrogen-bond acceptors (Lipinski definition) is 9. The van der Waals surface area contributed by atoms with Crippen LogP contribution in [0.2, 0.25) is 0 Å². The molecule has 0 amide bonds. The molecule has 2 N–H and O–H groups in total. The Labute approximate surface area is 183 Å². The summed E-state index contributed by atoms with van der Waals surface area (Å²) in [5.74, 6) is 0.716. The van der Waals surface area contributed by atoms with Crippen molar-refractivity contribution in [2.24, 2.45) is 0 Å². The van der Waals surface area contributed by atoms with Crippen molar-refractivity contribution in [3.8, 4) is 28.9 Å². The minimum atomic E-state index is -0.979. The number of fused-ring (bicyclic) bond motifs is 2. The summed E-state index contributed by atoms with van der Waals surface area (Å²) in [7, 11) is 1.82. The summed E-state index contributed by atoms with van der Waals surface area (Å²) >= 11 is 0. The van der Waals surface area contributed by atoms with Crippen LogP contribution in [0.1, 0.15) is 31.5 Å². The van der Waals surface area contributed by atoms with E-state index in [1.807, 2.05) is 18.0 Å². The summed E-state index contributed by atoms with van der Waals surface area (Å²) in [4.78, 5) is 10.0. The molecule has 4 atom stereocenters. The minimum absolute atomic E-state index is 0.0358. The van der Waals surface area contributed by atoms with Crippen LogP contribution in [0.3, 0.4) is 0 Å². The average molecular weight is 435 g/mol. The van der Waals surface area contributed by atoms with Gasteiger partial charge in [0.15, 0.2) is 11.6 Å². The largest absolute Gasteiger partial charge is 0.507 e. The first kappa shape index (κ1) is 20.3. The second-order valence-electron chi connectivity index (χ2n) is 8.23. The van der Waals surface area contributed by atoms with Crippen LogP contribution in [0.25, 0.3) is 17.1 Å². The standard InChI is InChI=1S/C21H22FN9O/c1-30(16-7-12-3-2-4-15(26-12)20(16)22)19-10-24-21(28-27-19)14-6-5-13(8-17(14)32)31-11-25-18(9-23)29-31/h5-6,8,10-12,15-16,20,26,32H,2-4,7H2,1H3/t12-,15+,16+,20-/m0/s1. The summed E-state index contributed by atoms with van der Waals surface area (Å²) < 4.78 is 16.4. The Hall–Kier alpha value is -3.65. The van der Waals surface area contributed by atoms with E-state index in [9.17, 15) is 5.11 Å². The van der Waals surface area contributed by atoms with Gasteiger partial charge in [-0.3, -0.25) is 0 Å². The van der Waals surface area contributed by atoms with Crippen LogP contribution in [-0.2, 0) is 0 Å². The maximum atomic E-state index is 15.0. The van der Waals surface area contributed by atoms with Gasteiger partial charge in [-0.25, -0.2) is 19.0 Å². The number of nitriles is 1. The highest BCUT2D eigenvalue weighted by Gasteiger charge is 2.42. The normalized spacial score (nSPS) is 24.7. The number of phenols is 1. The predicted molar refractivity (Wildman–Crippen MR) is 113 cm³/mol. The Morgan fingerprint density at radius 2 is 2.16 bits per heavy atom. The van der Waals surface area contributed by atoms with Gasteiger partial charge in [-0.05, 0) is 31.4 Å². The van der Waals surface area contributed by atoms with Crippen molar-refractivity contribution >= 4 is 5.82 Å². The Morgan fingerprint density at radius 3 is 2.88 bits per heavy atom. The van der Waals surface area contributed by atoms with Crippen LogP contribution in [0, 0.1) is 11.3 Å². The van der Waals surface area contributed by atoms with Gasteiger partial charge in [-0.2, -0.15) is 5.26 Å². The Kier molecular flexibility index (Phi) is 5.14. The molecule has 11 heteroatoms. The average Bonchev–Trinajstić information content (AvgIpc) is 3.31. The second-order valence-corrected chi connectivity index (χ2v) is 8.23. The molecule has 2 bridgehead atoms. The number of nitrogens with one attached hydrogen (secondary N) is 1. The van der Waals surface area contributed by atoms with E-state index in [-0.39, 0.29) is 29.5 Å². The highest BCUT2D eigenvalue weighted by atomic mass is 19.1. The number of piperidine rings is 2. The number of aromatic hydroxyl groups is 1. The van der Waals surface area contributed by atoms with Crippen LogP contribution in [-0.4, -0.2) is 66.4 Å². The van der Waals surface area contributed by atoms with Gasteiger partial charge < -0.3 is 15.3 Å². The van der Waals surface area contributed by atoms with Gasteiger partial charge in [0.1, 0.15) is 24.3 Å². The zero-order valence-corrected chi connectivity index (χ0v) is 17.4. The van der Waals surface area contributed by atoms with E-state index < -0.39 is 6.17 Å². The molecule has 164 valence electrons. The monoisotopic (exact) mass is 435 g/mol. The molecule has 0 unspecified atom stereocenters. The number of aromatic nitrogens is 6. The molecular formula is C21H22FN9O. The third-order valence-electron chi connectivity index (χ3n) is 6.28. The molecule has 2 aromatic heterocycles. The molecule has 0 radical (unpaired) electrons. The topological polar surface area (TPSA) is 129 Å². The fourth-order valence-electron chi connectivity index (χ4n) is 4.57. The van der Waals surface area contributed by atoms with Crippen molar-refractivity contribution in [2.75, 3.05) is 11.9 Å². The number of benzene rings is 1. The van der Waals surface area contributed by atoms with Crippen LogP contribution in [0.4, 0.5) is 10.2 Å². The quantitative estimate of drug-likeness (QED) is 0.630. The molecule has 2 saturated heterocycles. The Balaban J connectivity index is 1.35. The molecule has 3 aromatic rings. The fourth-order valence-corrected chi connectivity index (χ4v) is 4.57. The smallest absolute Gasteiger partial charge is 0.252 e. The first-order valence-corrected chi connectivity index (χ1v) is 10.5. The van der Waals surface area contributed by atoms with Crippen LogP contribution in [0.5, 0.6) is 5.75 Å². The lowest BCUT2D eigenvalue weighted by molar-refractivity contribution is 0.107. The lowest BCUT2D eigenvalue weighted by Gasteiger charge is -2.45. The van der Waals surface area contributed by atoms with Gasteiger partial charge in [-0.15, -0.1) is 15.3 Å². The summed E-state index contributed by atoms with van der Waals surface area (Å²) in [5, 5.41) is 35.1. The summed E-state index contributed by atoms with van der Waals surface area (Å²) in [6.45, 7) is 0. The SMILES string of the molecule is CN(c1cnc(-c2ccc(-n3cnc(C#N)n3)cc2O)nn1)[C@@H]1C[C@@H]2CCC[C@@H](N2)[C@@H]1F. The highest BCUT2D eigenvalue weighted by molar-refractivity contribution is 5.66. The predicted octanol–water partition coefficient (Wildman–Crippen LogP) is 1.75. The molecule has 2 fully saturated rings. The number of anilines is 1. The summed E-state index contributed by atoms with van der Waals surface area (Å²) in [6, 6.07) is 6.63. The van der Waals surface area contributed by atoms with E-state index in [4.69, 9.17) is 5.26 Å². The van der Waals surface area contributed by atoms with E-state index in [0.717, 1.165) is 25.7 Å². The Bertz CT molecular complexity index is 1160. The summed E-state index contributed by atoms with van der Waals surface area (Å²) in [6.07, 6.45) is 5.67. The summed E-state index contributed by atoms with van der Waals surface area (Å²) in [5.41, 5.74) is 0.936. The van der Waals surface area contributed by atoms with Crippen molar-refractivity contribution in [3.63, 3.8) is 0 Å². The second kappa shape index (κ2) is 8.12. The van der Waals surface area contributed by atoms with Gasteiger partial charge in [0.2, 0.25) is 0 Å². The molecule has 32 heavy (non-hydrogen) atoms. The van der Waals surface area contributed by atoms with Crippen molar-refractivity contribution in [1.29, 1.82) is 5.26 Å². The zero-order chi connectivity index (χ0) is 22.2. The molecule has 4 heterocycles. The van der Waals surface area contributed by atoms with E-state index in [0.29, 0.717) is 23.1 Å². The van der Waals surface area contributed by atoms with Gasteiger partial charge in [0, 0.05) is 25.2 Å². The van der Waals surface area contributed by atoms with E-state index in [1.165, 1.54) is 17.1 Å². The van der Waals surface area contributed by atoms with E-state index >= 15 is 4.39 Å². The number of phenolic OH excluding ortho intramolecular Hbond substituents is 1. The first-order valence-electron chi connectivity index (χ1n) is 10.5. The minimum Gasteiger partial charge on any atom is -0.507 e. The number of nitrogens with zero attached hydrogens (tertiary/aromatic N) is 8. The maximum Gasteiger partial charge on any atom is 0.252 e. The van der Waals surface area contributed by atoms with Crippen molar-refractivity contribution in [2.45, 2.75) is 50.0 Å². The number of hydrogen-bond donors (Lipinski definition) is 2. The van der Waals surface area contributed by atoms with Gasteiger partial charge >= 0.3 is 0 Å².